The van der Waals surface area contributed by atoms with E-state index in [0.717, 1.165) is 36.5 Å². The molecule has 0 bridgehead atoms. The number of para-hydroxylation sites is 2. The molecule has 4 heteroatoms. The normalized spacial score (nSPS) is 16.6. The highest BCUT2D eigenvalue weighted by molar-refractivity contribution is 5.85. The quantitative estimate of drug-likeness (QED) is 0.779. The minimum absolute atomic E-state index is 0. The molecular weight excluding hydrogens is 236 g/mol. The Morgan fingerprint density at radius 2 is 2.12 bits per heavy atom. The summed E-state index contributed by atoms with van der Waals surface area (Å²) in [7, 11) is 2.12. The SMILES string of the molecule is CN1CC=C(c2nc3ccccc3o2)CC1.Cl. The van der Waals surface area contributed by atoms with Crippen LogP contribution in [0.2, 0.25) is 0 Å². The second-order valence-corrected chi connectivity index (χ2v) is 4.23. The third kappa shape index (κ3) is 2.35. The van der Waals surface area contributed by atoms with Crippen molar-refractivity contribution in [2.75, 3.05) is 20.1 Å². The van der Waals surface area contributed by atoms with E-state index in [-0.39, 0.29) is 12.4 Å². The first-order valence-electron chi connectivity index (χ1n) is 5.56. The van der Waals surface area contributed by atoms with Crippen molar-refractivity contribution in [3.63, 3.8) is 0 Å². The van der Waals surface area contributed by atoms with Gasteiger partial charge in [-0.1, -0.05) is 18.2 Å². The topological polar surface area (TPSA) is 29.3 Å². The van der Waals surface area contributed by atoms with Crippen molar-refractivity contribution in [2.24, 2.45) is 0 Å². The summed E-state index contributed by atoms with van der Waals surface area (Å²) >= 11 is 0. The maximum absolute atomic E-state index is 5.74. The van der Waals surface area contributed by atoms with E-state index in [1.807, 2.05) is 24.3 Å². The summed E-state index contributed by atoms with van der Waals surface area (Å²) in [5.41, 5.74) is 3.05. The van der Waals surface area contributed by atoms with E-state index in [1.165, 1.54) is 5.57 Å². The van der Waals surface area contributed by atoms with E-state index >= 15 is 0 Å². The molecule has 0 radical (unpaired) electrons. The molecule has 90 valence electrons. The molecule has 3 rings (SSSR count). The van der Waals surface area contributed by atoms with Crippen LogP contribution in [0.4, 0.5) is 0 Å². The molecule has 1 aromatic carbocycles. The van der Waals surface area contributed by atoms with Gasteiger partial charge >= 0.3 is 0 Å². The fourth-order valence-electron chi connectivity index (χ4n) is 1.97. The molecule has 0 atom stereocenters. The highest BCUT2D eigenvalue weighted by atomic mass is 35.5. The van der Waals surface area contributed by atoms with Crippen LogP contribution in [0.1, 0.15) is 12.3 Å². The lowest BCUT2D eigenvalue weighted by atomic mass is 10.1. The van der Waals surface area contributed by atoms with Gasteiger partial charge < -0.3 is 9.32 Å². The van der Waals surface area contributed by atoms with Crippen LogP contribution >= 0.6 is 12.4 Å². The monoisotopic (exact) mass is 250 g/mol. The molecule has 0 N–H and O–H groups in total. The average molecular weight is 251 g/mol. The summed E-state index contributed by atoms with van der Waals surface area (Å²) in [5.74, 6) is 0.786. The Hall–Kier alpha value is -1.32. The van der Waals surface area contributed by atoms with Gasteiger partial charge in [0.15, 0.2) is 5.58 Å². The summed E-state index contributed by atoms with van der Waals surface area (Å²) in [4.78, 5) is 6.79. The van der Waals surface area contributed by atoms with Crippen LogP contribution in [-0.4, -0.2) is 30.0 Å². The lowest BCUT2D eigenvalue weighted by Crippen LogP contribution is -2.23. The van der Waals surface area contributed by atoms with E-state index in [4.69, 9.17) is 4.42 Å². The van der Waals surface area contributed by atoms with Gasteiger partial charge in [0, 0.05) is 18.7 Å². The Morgan fingerprint density at radius 3 is 2.82 bits per heavy atom. The number of halogens is 1. The van der Waals surface area contributed by atoms with Crippen molar-refractivity contribution >= 4 is 29.1 Å². The molecule has 2 heterocycles. The van der Waals surface area contributed by atoms with E-state index in [9.17, 15) is 0 Å². The van der Waals surface area contributed by atoms with Crippen LogP contribution < -0.4 is 0 Å². The van der Waals surface area contributed by atoms with Gasteiger partial charge in [-0.2, -0.15) is 0 Å². The van der Waals surface area contributed by atoms with Crippen molar-refractivity contribution in [2.45, 2.75) is 6.42 Å². The van der Waals surface area contributed by atoms with Crippen LogP contribution in [-0.2, 0) is 0 Å². The largest absolute Gasteiger partial charge is 0.436 e. The zero-order valence-electron chi connectivity index (χ0n) is 9.72. The van der Waals surface area contributed by atoms with Gasteiger partial charge in [-0.25, -0.2) is 4.98 Å². The number of aromatic nitrogens is 1. The van der Waals surface area contributed by atoms with Crippen LogP contribution in [0.25, 0.3) is 16.7 Å². The lowest BCUT2D eigenvalue weighted by molar-refractivity contribution is 0.367. The van der Waals surface area contributed by atoms with Crippen LogP contribution in [0.5, 0.6) is 0 Å². The minimum Gasteiger partial charge on any atom is -0.436 e. The van der Waals surface area contributed by atoms with Crippen LogP contribution in [0, 0.1) is 0 Å². The second kappa shape index (κ2) is 4.90. The third-order valence-corrected chi connectivity index (χ3v) is 2.98. The first kappa shape index (κ1) is 12.1. The van der Waals surface area contributed by atoms with Gasteiger partial charge in [-0.3, -0.25) is 0 Å². The number of hydrogen-bond acceptors (Lipinski definition) is 3. The van der Waals surface area contributed by atoms with Crippen LogP contribution in [0.15, 0.2) is 34.8 Å². The summed E-state index contributed by atoms with van der Waals surface area (Å²) in [6.45, 7) is 2.05. The number of rotatable bonds is 1. The number of hydrogen-bond donors (Lipinski definition) is 0. The Bertz CT molecular complexity index is 514. The van der Waals surface area contributed by atoms with Crippen LogP contribution in [0.3, 0.4) is 0 Å². The third-order valence-electron chi connectivity index (χ3n) is 2.98. The molecule has 0 saturated heterocycles. The molecule has 0 saturated carbocycles. The van der Waals surface area contributed by atoms with Gasteiger partial charge in [-0.15, -0.1) is 12.4 Å². The molecule has 0 unspecified atom stereocenters. The maximum atomic E-state index is 5.74. The highest BCUT2D eigenvalue weighted by Gasteiger charge is 2.14. The molecule has 0 amide bonds. The zero-order valence-corrected chi connectivity index (χ0v) is 10.5. The number of nitrogens with zero attached hydrogens (tertiary/aromatic N) is 2. The molecule has 17 heavy (non-hydrogen) atoms. The first-order chi connectivity index (χ1) is 7.83. The lowest BCUT2D eigenvalue weighted by Gasteiger charge is -2.20. The molecule has 1 aliphatic heterocycles. The summed E-state index contributed by atoms with van der Waals surface area (Å²) in [6.07, 6.45) is 3.22. The summed E-state index contributed by atoms with van der Waals surface area (Å²) in [5, 5.41) is 0. The molecule has 0 spiro atoms. The maximum Gasteiger partial charge on any atom is 0.222 e. The van der Waals surface area contributed by atoms with Crippen molar-refractivity contribution < 1.29 is 4.42 Å². The smallest absolute Gasteiger partial charge is 0.222 e. The number of fused-ring (bicyclic) bond motifs is 1. The predicted octanol–water partition coefficient (Wildman–Crippen LogP) is 2.97. The second-order valence-electron chi connectivity index (χ2n) is 4.23. The number of oxazole rings is 1. The molecule has 1 aromatic heterocycles. The minimum atomic E-state index is 0. The molecule has 2 aromatic rings. The van der Waals surface area contributed by atoms with Crippen molar-refractivity contribution in [3.8, 4) is 0 Å². The predicted molar refractivity (Wildman–Crippen MR) is 71.3 cm³/mol. The fourth-order valence-corrected chi connectivity index (χ4v) is 1.97. The molecular formula is C13H15ClN2O. The number of likely N-dealkylation sites (N-methyl/N-ethyl adjacent to an activating group) is 1. The van der Waals surface area contributed by atoms with Gasteiger partial charge in [0.2, 0.25) is 5.89 Å². The first-order valence-corrected chi connectivity index (χ1v) is 5.56. The Kier molecular flexibility index (Phi) is 3.50. The van der Waals surface area contributed by atoms with Gasteiger partial charge in [0.1, 0.15) is 5.52 Å². The van der Waals surface area contributed by atoms with Gasteiger partial charge in [-0.05, 0) is 25.6 Å². The van der Waals surface area contributed by atoms with E-state index in [1.54, 1.807) is 0 Å². The van der Waals surface area contributed by atoms with Gasteiger partial charge in [0.25, 0.3) is 0 Å². The highest BCUT2D eigenvalue weighted by Crippen LogP contribution is 2.24. The van der Waals surface area contributed by atoms with E-state index in [0.29, 0.717) is 0 Å². The summed E-state index contributed by atoms with van der Waals surface area (Å²) in [6, 6.07) is 7.90. The van der Waals surface area contributed by atoms with Gasteiger partial charge in [0.05, 0.1) is 0 Å². The van der Waals surface area contributed by atoms with Crippen molar-refractivity contribution in [1.82, 2.24) is 9.88 Å². The molecule has 1 aliphatic rings. The van der Waals surface area contributed by atoms with Crippen molar-refractivity contribution in [3.05, 3.63) is 36.2 Å². The molecule has 3 nitrogen and oxygen atoms in total. The molecule has 0 fully saturated rings. The van der Waals surface area contributed by atoms with E-state index < -0.39 is 0 Å². The number of benzene rings is 1. The van der Waals surface area contributed by atoms with Crippen molar-refractivity contribution in [1.29, 1.82) is 0 Å². The zero-order chi connectivity index (χ0) is 11.0. The summed E-state index contributed by atoms with van der Waals surface area (Å²) < 4.78 is 5.74. The average Bonchev–Trinajstić information content (AvgIpc) is 2.73. The Balaban J connectivity index is 0.00000108. The fraction of sp³-hybridized carbons (Fsp3) is 0.308. The standard InChI is InChI=1S/C13H14N2O.ClH/c1-15-8-6-10(7-9-15)13-14-11-4-2-3-5-12(11)16-13;/h2-6H,7-9H2,1H3;1H. The Labute approximate surface area is 107 Å². The molecule has 0 aliphatic carbocycles. The van der Waals surface area contributed by atoms with E-state index in [2.05, 4.69) is 23.0 Å². The Morgan fingerprint density at radius 1 is 1.29 bits per heavy atom.